The van der Waals surface area contributed by atoms with E-state index in [1.807, 2.05) is 0 Å². The Bertz CT molecular complexity index is 564. The van der Waals surface area contributed by atoms with Gasteiger partial charge in [-0.25, -0.2) is 4.79 Å². The van der Waals surface area contributed by atoms with E-state index in [1.54, 1.807) is 24.3 Å². The number of hydrogen-bond donors (Lipinski definition) is 2. The second kappa shape index (κ2) is 4.12. The molecular weight excluding hydrogens is 224 g/mol. The van der Waals surface area contributed by atoms with Crippen molar-refractivity contribution in [3.63, 3.8) is 0 Å². The Morgan fingerprint density at radius 1 is 1.53 bits per heavy atom. The number of carboxylic acid groups (broad SMARTS) is 1. The van der Waals surface area contributed by atoms with Crippen LogP contribution in [-0.4, -0.2) is 33.2 Å². The Morgan fingerprint density at radius 3 is 2.88 bits per heavy atom. The third kappa shape index (κ3) is 1.89. The molecule has 0 spiro atoms. The van der Waals surface area contributed by atoms with Crippen LogP contribution < -0.4 is 10.5 Å². The first kappa shape index (κ1) is 10.9. The van der Waals surface area contributed by atoms with Gasteiger partial charge in [-0.1, -0.05) is 11.3 Å². The number of rotatable bonds is 3. The summed E-state index contributed by atoms with van der Waals surface area (Å²) in [4.78, 5) is 10.8. The van der Waals surface area contributed by atoms with Gasteiger partial charge in [-0.15, -0.1) is 5.10 Å². The SMILES string of the molecule is COc1cccc(-n2nnc(C(=O)O)c2N)c1. The molecule has 2 aromatic rings. The minimum atomic E-state index is -1.21. The first-order valence-corrected chi connectivity index (χ1v) is 4.72. The van der Waals surface area contributed by atoms with E-state index in [9.17, 15) is 4.79 Å². The summed E-state index contributed by atoms with van der Waals surface area (Å²) in [6.45, 7) is 0. The van der Waals surface area contributed by atoms with Gasteiger partial charge in [0.1, 0.15) is 5.75 Å². The second-order valence-corrected chi connectivity index (χ2v) is 3.24. The number of nitrogen functional groups attached to an aromatic ring is 1. The standard InChI is InChI=1S/C10H10N4O3/c1-17-7-4-2-3-6(5-7)14-9(11)8(10(15)16)12-13-14/h2-5H,11H2,1H3,(H,15,16). The van der Waals surface area contributed by atoms with E-state index in [0.29, 0.717) is 11.4 Å². The van der Waals surface area contributed by atoms with Crippen molar-refractivity contribution in [3.05, 3.63) is 30.0 Å². The van der Waals surface area contributed by atoms with Gasteiger partial charge >= 0.3 is 5.97 Å². The lowest BCUT2D eigenvalue weighted by Gasteiger charge is -2.04. The van der Waals surface area contributed by atoms with Crippen molar-refractivity contribution in [1.29, 1.82) is 0 Å². The lowest BCUT2D eigenvalue weighted by molar-refractivity contribution is 0.0691. The van der Waals surface area contributed by atoms with Crippen molar-refractivity contribution in [2.24, 2.45) is 0 Å². The van der Waals surface area contributed by atoms with Gasteiger partial charge in [0.15, 0.2) is 5.82 Å². The largest absolute Gasteiger partial charge is 0.497 e. The van der Waals surface area contributed by atoms with Crippen LogP contribution in [0.5, 0.6) is 5.75 Å². The summed E-state index contributed by atoms with van der Waals surface area (Å²) in [6, 6.07) is 6.90. The molecule has 0 bridgehead atoms. The van der Waals surface area contributed by atoms with E-state index in [4.69, 9.17) is 15.6 Å². The van der Waals surface area contributed by atoms with Crippen LogP contribution in [-0.2, 0) is 0 Å². The van der Waals surface area contributed by atoms with Crippen molar-refractivity contribution in [2.75, 3.05) is 12.8 Å². The van der Waals surface area contributed by atoms with Crippen molar-refractivity contribution < 1.29 is 14.6 Å². The number of aromatic nitrogens is 3. The van der Waals surface area contributed by atoms with Crippen LogP contribution in [0.2, 0.25) is 0 Å². The molecule has 0 radical (unpaired) electrons. The van der Waals surface area contributed by atoms with E-state index >= 15 is 0 Å². The third-order valence-corrected chi connectivity index (χ3v) is 2.21. The van der Waals surface area contributed by atoms with Gasteiger partial charge in [0.25, 0.3) is 0 Å². The van der Waals surface area contributed by atoms with Crippen LogP contribution in [0.4, 0.5) is 5.82 Å². The van der Waals surface area contributed by atoms with Gasteiger partial charge in [-0.3, -0.25) is 0 Å². The smallest absolute Gasteiger partial charge is 0.360 e. The molecule has 1 aromatic heterocycles. The molecule has 7 nitrogen and oxygen atoms in total. The molecule has 0 amide bonds. The number of nitrogens with zero attached hydrogens (tertiary/aromatic N) is 3. The summed E-state index contributed by atoms with van der Waals surface area (Å²) >= 11 is 0. The van der Waals surface area contributed by atoms with Crippen LogP contribution in [0, 0.1) is 0 Å². The summed E-state index contributed by atoms with van der Waals surface area (Å²) < 4.78 is 6.29. The molecular formula is C10H10N4O3. The predicted octanol–water partition coefficient (Wildman–Crippen LogP) is 0.556. The summed E-state index contributed by atoms with van der Waals surface area (Å²) in [5.41, 5.74) is 5.96. The van der Waals surface area contributed by atoms with Crippen molar-refractivity contribution >= 4 is 11.8 Å². The average molecular weight is 234 g/mol. The van der Waals surface area contributed by atoms with E-state index in [1.165, 1.54) is 11.8 Å². The van der Waals surface area contributed by atoms with Crippen molar-refractivity contribution in [2.45, 2.75) is 0 Å². The molecule has 3 N–H and O–H groups in total. The number of benzene rings is 1. The molecule has 2 rings (SSSR count). The summed E-state index contributed by atoms with van der Waals surface area (Å²) in [6.07, 6.45) is 0. The number of aromatic carboxylic acids is 1. The Balaban J connectivity index is 2.49. The lowest BCUT2D eigenvalue weighted by atomic mass is 10.3. The number of anilines is 1. The molecule has 88 valence electrons. The summed E-state index contributed by atoms with van der Waals surface area (Å²) in [5.74, 6) is -0.614. The molecule has 0 saturated carbocycles. The Labute approximate surface area is 96.4 Å². The molecule has 1 aromatic carbocycles. The fraction of sp³-hybridized carbons (Fsp3) is 0.100. The van der Waals surface area contributed by atoms with Gasteiger partial charge in [0, 0.05) is 6.07 Å². The van der Waals surface area contributed by atoms with Gasteiger partial charge < -0.3 is 15.6 Å². The third-order valence-electron chi connectivity index (χ3n) is 2.21. The van der Waals surface area contributed by atoms with Crippen molar-refractivity contribution in [1.82, 2.24) is 15.0 Å². The molecule has 17 heavy (non-hydrogen) atoms. The number of hydrogen-bond acceptors (Lipinski definition) is 5. The fourth-order valence-electron chi connectivity index (χ4n) is 1.37. The predicted molar refractivity (Wildman–Crippen MR) is 59.3 cm³/mol. The maximum atomic E-state index is 10.8. The maximum absolute atomic E-state index is 10.8. The first-order chi connectivity index (χ1) is 8.13. The zero-order valence-corrected chi connectivity index (χ0v) is 8.99. The van der Waals surface area contributed by atoms with Crippen molar-refractivity contribution in [3.8, 4) is 11.4 Å². The van der Waals surface area contributed by atoms with E-state index in [2.05, 4.69) is 10.3 Å². The Hall–Kier alpha value is -2.57. The van der Waals surface area contributed by atoms with Crippen LogP contribution in [0.25, 0.3) is 5.69 Å². The number of nitrogens with two attached hydrogens (primary N) is 1. The molecule has 0 saturated heterocycles. The van der Waals surface area contributed by atoms with Crippen LogP contribution in [0.15, 0.2) is 24.3 Å². The van der Waals surface area contributed by atoms with Gasteiger partial charge in [0.2, 0.25) is 5.69 Å². The molecule has 1 heterocycles. The zero-order valence-electron chi connectivity index (χ0n) is 8.99. The average Bonchev–Trinajstić information content (AvgIpc) is 2.71. The van der Waals surface area contributed by atoms with Gasteiger partial charge in [0.05, 0.1) is 12.8 Å². The number of carboxylic acids is 1. The topological polar surface area (TPSA) is 103 Å². The molecule has 0 fully saturated rings. The molecule has 0 aliphatic heterocycles. The number of ether oxygens (including phenoxy) is 1. The summed E-state index contributed by atoms with van der Waals surface area (Å²) in [5, 5.41) is 16.0. The van der Waals surface area contributed by atoms with E-state index in [-0.39, 0.29) is 11.5 Å². The van der Waals surface area contributed by atoms with Gasteiger partial charge in [-0.2, -0.15) is 4.68 Å². The molecule has 7 heteroatoms. The van der Waals surface area contributed by atoms with E-state index in [0.717, 1.165) is 0 Å². The lowest BCUT2D eigenvalue weighted by Crippen LogP contribution is -2.05. The van der Waals surface area contributed by atoms with Crippen LogP contribution >= 0.6 is 0 Å². The highest BCUT2D eigenvalue weighted by Crippen LogP contribution is 2.19. The highest BCUT2D eigenvalue weighted by Gasteiger charge is 2.17. The zero-order chi connectivity index (χ0) is 12.4. The van der Waals surface area contributed by atoms with E-state index < -0.39 is 5.97 Å². The number of carbonyl (C=O) groups is 1. The molecule has 0 aliphatic carbocycles. The molecule has 0 atom stereocenters. The Morgan fingerprint density at radius 2 is 2.29 bits per heavy atom. The van der Waals surface area contributed by atoms with Crippen LogP contribution in [0.3, 0.4) is 0 Å². The highest BCUT2D eigenvalue weighted by molar-refractivity contribution is 5.90. The van der Waals surface area contributed by atoms with Crippen LogP contribution in [0.1, 0.15) is 10.5 Å². The quantitative estimate of drug-likeness (QED) is 0.804. The van der Waals surface area contributed by atoms with Gasteiger partial charge in [-0.05, 0) is 12.1 Å². The monoisotopic (exact) mass is 234 g/mol. The molecule has 0 aliphatic rings. The normalized spacial score (nSPS) is 10.2. The summed E-state index contributed by atoms with van der Waals surface area (Å²) in [7, 11) is 1.53. The maximum Gasteiger partial charge on any atom is 0.360 e. The second-order valence-electron chi connectivity index (χ2n) is 3.24. The minimum Gasteiger partial charge on any atom is -0.497 e. The highest BCUT2D eigenvalue weighted by atomic mass is 16.5. The molecule has 0 unspecified atom stereocenters. The first-order valence-electron chi connectivity index (χ1n) is 4.72. The fourth-order valence-corrected chi connectivity index (χ4v) is 1.37. The number of methoxy groups -OCH3 is 1. The minimum absolute atomic E-state index is 0.0225. The Kier molecular flexibility index (Phi) is 2.65.